The molecule has 1 aromatic rings. The van der Waals surface area contributed by atoms with E-state index in [2.05, 4.69) is 31.9 Å². The average molecular weight is 398 g/mol. The first-order valence-corrected chi connectivity index (χ1v) is 8.26. The minimum atomic E-state index is -3.70. The third-order valence-electron chi connectivity index (χ3n) is 2.76. The van der Waals surface area contributed by atoms with Crippen molar-refractivity contribution in [1.29, 1.82) is 0 Å². The molecule has 1 aromatic carbocycles. The number of benzene rings is 1. The van der Waals surface area contributed by atoms with E-state index in [0.29, 0.717) is 5.69 Å². The number of halogens is 2. The number of nitrogens with two attached hydrogens (primary N) is 1. The maximum absolute atomic E-state index is 11.9. The zero-order chi connectivity index (χ0) is 13.5. The predicted molar refractivity (Wildman–Crippen MR) is 75.7 cm³/mol. The molecule has 1 atom stereocenters. The van der Waals surface area contributed by atoms with Crippen LogP contribution in [0.5, 0.6) is 0 Å². The van der Waals surface area contributed by atoms with Gasteiger partial charge < -0.3 is 4.90 Å². The summed E-state index contributed by atoms with van der Waals surface area (Å²) in [5, 5.41) is 4.25. The molecular formula is C10H10Br2N2O3S. The van der Waals surface area contributed by atoms with Gasteiger partial charge in [0.05, 0.1) is 5.69 Å². The smallest absolute Gasteiger partial charge is 0.228 e. The highest BCUT2D eigenvalue weighted by Crippen LogP contribution is 2.36. The summed E-state index contributed by atoms with van der Waals surface area (Å²) in [5.41, 5.74) is 0.633. The van der Waals surface area contributed by atoms with Gasteiger partial charge in [-0.05, 0) is 44.0 Å². The molecule has 0 spiro atoms. The third-order valence-corrected chi connectivity index (χ3v) is 5.29. The normalized spacial score (nSPS) is 20.5. The Morgan fingerprint density at radius 1 is 1.28 bits per heavy atom. The molecule has 2 rings (SSSR count). The number of amides is 1. The molecular weight excluding hydrogens is 388 g/mol. The fourth-order valence-electron chi connectivity index (χ4n) is 1.86. The molecule has 1 saturated heterocycles. The van der Waals surface area contributed by atoms with Crippen molar-refractivity contribution in [3.05, 3.63) is 27.1 Å². The largest absolute Gasteiger partial charge is 0.309 e. The van der Waals surface area contributed by atoms with Gasteiger partial charge in [0, 0.05) is 21.9 Å². The number of para-hydroxylation sites is 1. The van der Waals surface area contributed by atoms with E-state index in [9.17, 15) is 13.2 Å². The Bertz CT molecular complexity index is 583. The van der Waals surface area contributed by atoms with Crippen molar-refractivity contribution in [3.8, 4) is 0 Å². The standard InChI is InChI=1S/C10H10Br2N2O3S/c11-7-2-1-3-8(12)10(7)14-5-6(4-9(14)15)18(13,16)17/h1-3,6H,4-5H2,(H2,13,16,17). The summed E-state index contributed by atoms with van der Waals surface area (Å²) in [6, 6.07) is 5.39. The lowest BCUT2D eigenvalue weighted by Crippen LogP contribution is -2.32. The highest BCUT2D eigenvalue weighted by Gasteiger charge is 2.38. The van der Waals surface area contributed by atoms with Crippen molar-refractivity contribution >= 4 is 53.5 Å². The molecule has 18 heavy (non-hydrogen) atoms. The summed E-state index contributed by atoms with van der Waals surface area (Å²) >= 11 is 6.70. The minimum Gasteiger partial charge on any atom is -0.309 e. The van der Waals surface area contributed by atoms with E-state index in [1.54, 1.807) is 12.1 Å². The molecule has 0 saturated carbocycles. The molecule has 0 bridgehead atoms. The van der Waals surface area contributed by atoms with Gasteiger partial charge in [0.15, 0.2) is 0 Å². The summed E-state index contributed by atoms with van der Waals surface area (Å²) in [5.74, 6) is -0.248. The molecule has 2 N–H and O–H groups in total. The number of rotatable bonds is 2. The Hall–Kier alpha value is -0.440. The van der Waals surface area contributed by atoms with Crippen molar-refractivity contribution in [1.82, 2.24) is 0 Å². The van der Waals surface area contributed by atoms with E-state index in [-0.39, 0.29) is 18.9 Å². The topological polar surface area (TPSA) is 80.5 Å². The fourth-order valence-corrected chi connectivity index (χ4v) is 4.02. The molecule has 8 heteroatoms. The number of nitrogens with zero attached hydrogens (tertiary/aromatic N) is 1. The maximum atomic E-state index is 11.9. The number of carbonyl (C=O) groups excluding carboxylic acids is 1. The molecule has 0 aliphatic carbocycles. The molecule has 5 nitrogen and oxygen atoms in total. The Morgan fingerprint density at radius 3 is 2.28 bits per heavy atom. The Kier molecular flexibility index (Phi) is 3.82. The van der Waals surface area contributed by atoms with Gasteiger partial charge in [-0.2, -0.15) is 0 Å². The van der Waals surface area contributed by atoms with Crippen LogP contribution >= 0.6 is 31.9 Å². The number of hydrogen-bond donors (Lipinski definition) is 1. The van der Waals surface area contributed by atoms with Crippen LogP contribution in [0.25, 0.3) is 0 Å². The van der Waals surface area contributed by atoms with Gasteiger partial charge in [-0.15, -0.1) is 0 Å². The van der Waals surface area contributed by atoms with Crippen LogP contribution in [0.2, 0.25) is 0 Å². The molecule has 1 aliphatic rings. The number of anilines is 1. The molecule has 1 amide bonds. The van der Waals surface area contributed by atoms with Crippen molar-refractivity contribution < 1.29 is 13.2 Å². The van der Waals surface area contributed by atoms with Gasteiger partial charge >= 0.3 is 0 Å². The summed E-state index contributed by atoms with van der Waals surface area (Å²) < 4.78 is 24.0. The Morgan fingerprint density at radius 2 is 1.83 bits per heavy atom. The minimum absolute atomic E-state index is 0.0768. The maximum Gasteiger partial charge on any atom is 0.228 e. The highest BCUT2D eigenvalue weighted by atomic mass is 79.9. The van der Waals surface area contributed by atoms with Crippen molar-refractivity contribution in [2.45, 2.75) is 11.7 Å². The number of primary sulfonamides is 1. The number of hydrogen-bond acceptors (Lipinski definition) is 3. The third kappa shape index (κ3) is 2.61. The van der Waals surface area contributed by atoms with Crippen molar-refractivity contribution in [2.75, 3.05) is 11.4 Å². The number of sulfonamides is 1. The Labute approximate surface area is 122 Å². The van der Waals surface area contributed by atoms with Gasteiger partial charge in [-0.3, -0.25) is 4.79 Å². The van der Waals surface area contributed by atoms with Gasteiger partial charge in [-0.25, -0.2) is 13.6 Å². The monoisotopic (exact) mass is 396 g/mol. The van der Waals surface area contributed by atoms with Crippen LogP contribution in [0.1, 0.15) is 6.42 Å². The molecule has 98 valence electrons. The van der Waals surface area contributed by atoms with Gasteiger partial charge in [-0.1, -0.05) is 6.07 Å². The quantitative estimate of drug-likeness (QED) is 0.822. The average Bonchev–Trinajstić information content (AvgIpc) is 2.60. The number of carbonyl (C=O) groups is 1. The van der Waals surface area contributed by atoms with Crippen molar-refractivity contribution in [2.24, 2.45) is 5.14 Å². The molecule has 1 fully saturated rings. The first-order valence-electron chi connectivity index (χ1n) is 5.06. The van der Waals surface area contributed by atoms with E-state index in [0.717, 1.165) is 8.95 Å². The van der Waals surface area contributed by atoms with Crippen LogP contribution in [0, 0.1) is 0 Å². The molecule has 0 radical (unpaired) electrons. The SMILES string of the molecule is NS(=O)(=O)C1CC(=O)N(c2c(Br)cccc2Br)C1. The van der Waals surface area contributed by atoms with E-state index in [1.165, 1.54) is 4.90 Å². The summed E-state index contributed by atoms with van der Waals surface area (Å²) in [6.45, 7) is 0.0822. The second-order valence-electron chi connectivity index (χ2n) is 3.99. The van der Waals surface area contributed by atoms with Crippen LogP contribution in [0.15, 0.2) is 27.1 Å². The van der Waals surface area contributed by atoms with Crippen LogP contribution in [-0.4, -0.2) is 26.1 Å². The van der Waals surface area contributed by atoms with Crippen LogP contribution in [0.4, 0.5) is 5.69 Å². The lowest BCUT2D eigenvalue weighted by molar-refractivity contribution is -0.117. The lowest BCUT2D eigenvalue weighted by atomic mass is 10.3. The molecule has 0 aromatic heterocycles. The first-order chi connectivity index (χ1) is 8.30. The second kappa shape index (κ2) is 4.92. The Balaban J connectivity index is 2.39. The van der Waals surface area contributed by atoms with E-state index < -0.39 is 15.3 Å². The van der Waals surface area contributed by atoms with E-state index >= 15 is 0 Å². The van der Waals surface area contributed by atoms with Gasteiger partial charge in [0.2, 0.25) is 15.9 Å². The van der Waals surface area contributed by atoms with Gasteiger partial charge in [0.25, 0.3) is 0 Å². The van der Waals surface area contributed by atoms with Crippen molar-refractivity contribution in [3.63, 3.8) is 0 Å². The predicted octanol–water partition coefficient (Wildman–Crippen LogP) is 1.61. The second-order valence-corrected chi connectivity index (χ2v) is 7.54. The zero-order valence-electron chi connectivity index (χ0n) is 9.14. The van der Waals surface area contributed by atoms with Crippen LogP contribution in [-0.2, 0) is 14.8 Å². The molecule has 1 unspecified atom stereocenters. The summed E-state index contributed by atoms with van der Waals surface area (Å²) in [7, 11) is -3.70. The summed E-state index contributed by atoms with van der Waals surface area (Å²) in [4.78, 5) is 13.3. The van der Waals surface area contributed by atoms with Crippen LogP contribution in [0.3, 0.4) is 0 Å². The zero-order valence-corrected chi connectivity index (χ0v) is 13.1. The van der Waals surface area contributed by atoms with E-state index in [4.69, 9.17) is 5.14 Å². The molecule has 1 heterocycles. The summed E-state index contributed by atoms with van der Waals surface area (Å²) in [6.07, 6.45) is -0.0768. The lowest BCUT2D eigenvalue weighted by Gasteiger charge is -2.19. The van der Waals surface area contributed by atoms with Crippen LogP contribution < -0.4 is 10.0 Å². The first kappa shape index (κ1) is 14.0. The van der Waals surface area contributed by atoms with E-state index in [1.807, 2.05) is 6.07 Å². The fraction of sp³-hybridized carbons (Fsp3) is 0.300. The van der Waals surface area contributed by atoms with Gasteiger partial charge in [0.1, 0.15) is 5.25 Å². The highest BCUT2D eigenvalue weighted by molar-refractivity contribution is 9.11. The molecule has 1 aliphatic heterocycles.